The van der Waals surface area contributed by atoms with Gasteiger partial charge in [-0.15, -0.1) is 0 Å². The molecule has 2 heterocycles. The maximum Gasteiger partial charge on any atom is 0.324 e. The van der Waals surface area contributed by atoms with Crippen LogP contribution in [0.2, 0.25) is 0 Å². The van der Waals surface area contributed by atoms with Crippen molar-refractivity contribution in [2.24, 2.45) is 0 Å². The molecular weight excluding hydrogens is 374 g/mol. The first kappa shape index (κ1) is 20.5. The highest BCUT2D eigenvalue weighted by Crippen LogP contribution is 2.27. The molecule has 152 valence electrons. The maximum atomic E-state index is 12.5. The molecule has 8 heteroatoms. The number of nitrogens with one attached hydrogen (secondary N) is 2. The first-order valence-corrected chi connectivity index (χ1v) is 11.0. The summed E-state index contributed by atoms with van der Waals surface area (Å²) in [5.74, 6) is 2.49. The molecule has 1 saturated heterocycles. The molecule has 2 amide bonds. The third-order valence-electron chi connectivity index (χ3n) is 5.14. The average Bonchev–Trinajstić information content (AvgIpc) is 3.16. The van der Waals surface area contributed by atoms with E-state index in [1.165, 1.54) is 0 Å². The Morgan fingerprint density at radius 3 is 2.75 bits per heavy atom. The second-order valence-electron chi connectivity index (χ2n) is 7.01. The lowest BCUT2D eigenvalue weighted by atomic mass is 10.0. The van der Waals surface area contributed by atoms with Crippen LogP contribution >= 0.6 is 11.8 Å². The van der Waals surface area contributed by atoms with Crippen LogP contribution in [0.25, 0.3) is 0 Å². The fourth-order valence-corrected chi connectivity index (χ4v) is 4.33. The summed E-state index contributed by atoms with van der Waals surface area (Å²) in [6.45, 7) is 4.40. The van der Waals surface area contributed by atoms with E-state index in [0.717, 1.165) is 31.7 Å². The topological polar surface area (TPSA) is 71.4 Å². The summed E-state index contributed by atoms with van der Waals surface area (Å²) in [4.78, 5) is 15.0. The number of urea groups is 1. The van der Waals surface area contributed by atoms with Gasteiger partial charge in [0.05, 0.1) is 25.0 Å². The van der Waals surface area contributed by atoms with E-state index >= 15 is 0 Å². The van der Waals surface area contributed by atoms with E-state index in [2.05, 4.69) is 33.8 Å². The highest BCUT2D eigenvalue weighted by Gasteiger charge is 2.25. The van der Waals surface area contributed by atoms with Crippen molar-refractivity contribution in [2.45, 2.75) is 31.8 Å². The minimum Gasteiger partial charge on any atom is -0.495 e. The number of anilines is 2. The second kappa shape index (κ2) is 9.84. The van der Waals surface area contributed by atoms with E-state index in [1.807, 2.05) is 40.7 Å². The third-order valence-corrected chi connectivity index (χ3v) is 5.96. The molecule has 1 atom stereocenters. The number of likely N-dealkylation sites (tertiary alicyclic amines) is 1. The van der Waals surface area contributed by atoms with Crippen LogP contribution in [-0.4, -0.2) is 59.0 Å². The SMILES string of the molecule is COc1ccccc1NC(=O)Nc1ccnn1C1CCN([C@@H](C)CSC)CC1. The third kappa shape index (κ3) is 4.99. The van der Waals surface area contributed by atoms with Gasteiger partial charge in [-0.1, -0.05) is 12.1 Å². The van der Waals surface area contributed by atoms with Gasteiger partial charge in [0.15, 0.2) is 0 Å². The van der Waals surface area contributed by atoms with E-state index < -0.39 is 0 Å². The Hall–Kier alpha value is -2.19. The highest BCUT2D eigenvalue weighted by atomic mass is 32.2. The number of hydrogen-bond donors (Lipinski definition) is 2. The minimum absolute atomic E-state index is 0.300. The number of benzene rings is 1. The largest absolute Gasteiger partial charge is 0.495 e. The molecule has 1 aliphatic rings. The average molecular weight is 404 g/mol. The maximum absolute atomic E-state index is 12.5. The fourth-order valence-electron chi connectivity index (χ4n) is 3.64. The molecule has 0 unspecified atom stereocenters. The standard InChI is InChI=1S/C20H29N5O2S/c1-15(14-28-3)24-12-9-16(10-13-24)25-19(8-11-21-25)23-20(26)22-17-6-4-5-7-18(17)27-2/h4-8,11,15-16H,9-10,12-14H2,1-3H3,(H2,22,23,26)/t15-/m0/s1. The smallest absolute Gasteiger partial charge is 0.324 e. The van der Waals surface area contributed by atoms with Gasteiger partial charge in [-0.05, 0) is 38.2 Å². The molecule has 0 saturated carbocycles. The number of thioether (sulfide) groups is 1. The van der Waals surface area contributed by atoms with Crippen LogP contribution in [0.1, 0.15) is 25.8 Å². The number of amides is 2. The highest BCUT2D eigenvalue weighted by molar-refractivity contribution is 7.98. The fraction of sp³-hybridized carbons (Fsp3) is 0.500. The van der Waals surface area contributed by atoms with Crippen molar-refractivity contribution in [3.05, 3.63) is 36.5 Å². The van der Waals surface area contributed by atoms with Gasteiger partial charge in [0.25, 0.3) is 0 Å². The Morgan fingerprint density at radius 2 is 2.04 bits per heavy atom. The zero-order valence-electron chi connectivity index (χ0n) is 16.7. The van der Waals surface area contributed by atoms with Crippen molar-refractivity contribution in [3.8, 4) is 5.75 Å². The first-order chi connectivity index (χ1) is 13.6. The number of hydrogen-bond acceptors (Lipinski definition) is 5. The van der Waals surface area contributed by atoms with Gasteiger partial charge in [-0.25, -0.2) is 9.48 Å². The van der Waals surface area contributed by atoms with E-state index in [-0.39, 0.29) is 6.03 Å². The monoisotopic (exact) mass is 403 g/mol. The zero-order valence-corrected chi connectivity index (χ0v) is 17.5. The van der Waals surface area contributed by atoms with Crippen LogP contribution in [0.3, 0.4) is 0 Å². The Labute approximate surface area is 170 Å². The molecular formula is C20H29N5O2S. The molecule has 28 heavy (non-hydrogen) atoms. The van der Waals surface area contributed by atoms with Crippen molar-refractivity contribution in [2.75, 3.05) is 42.8 Å². The second-order valence-corrected chi connectivity index (χ2v) is 7.92. The summed E-state index contributed by atoms with van der Waals surface area (Å²) in [6.07, 6.45) is 5.95. The number of piperidine rings is 1. The van der Waals surface area contributed by atoms with E-state index in [0.29, 0.717) is 29.3 Å². The lowest BCUT2D eigenvalue weighted by Gasteiger charge is -2.36. The summed E-state index contributed by atoms with van der Waals surface area (Å²) in [5, 5.41) is 10.2. The van der Waals surface area contributed by atoms with Gasteiger partial charge in [0, 0.05) is 31.0 Å². The normalized spacial score (nSPS) is 16.5. The number of rotatable bonds is 7. The first-order valence-electron chi connectivity index (χ1n) is 9.60. The predicted molar refractivity (Wildman–Crippen MR) is 116 cm³/mol. The van der Waals surface area contributed by atoms with Crippen molar-refractivity contribution in [1.82, 2.24) is 14.7 Å². The molecule has 0 spiro atoms. The Morgan fingerprint density at radius 1 is 1.29 bits per heavy atom. The van der Waals surface area contributed by atoms with E-state index in [4.69, 9.17) is 4.74 Å². The van der Waals surface area contributed by atoms with Gasteiger partial charge in [-0.3, -0.25) is 10.2 Å². The molecule has 7 nitrogen and oxygen atoms in total. The lowest BCUT2D eigenvalue weighted by molar-refractivity contribution is 0.150. The number of carbonyl (C=O) groups is 1. The molecule has 1 aromatic carbocycles. The zero-order chi connectivity index (χ0) is 19.9. The molecule has 3 rings (SSSR count). The number of nitrogens with zero attached hydrogens (tertiary/aromatic N) is 3. The van der Waals surface area contributed by atoms with Crippen molar-refractivity contribution in [1.29, 1.82) is 0 Å². The number of methoxy groups -OCH3 is 1. The molecule has 2 aromatic rings. The van der Waals surface area contributed by atoms with Crippen LogP contribution in [-0.2, 0) is 0 Å². The number of carbonyl (C=O) groups excluding carboxylic acids is 1. The van der Waals surface area contributed by atoms with Gasteiger partial charge in [0.1, 0.15) is 11.6 Å². The van der Waals surface area contributed by atoms with Gasteiger partial charge >= 0.3 is 6.03 Å². The lowest BCUT2D eigenvalue weighted by Crippen LogP contribution is -2.41. The van der Waals surface area contributed by atoms with Crippen LogP contribution in [0, 0.1) is 0 Å². The summed E-state index contributed by atoms with van der Waals surface area (Å²) in [5.41, 5.74) is 0.629. The van der Waals surface area contributed by atoms with E-state index in [1.54, 1.807) is 19.4 Å². The van der Waals surface area contributed by atoms with Crippen molar-refractivity contribution < 1.29 is 9.53 Å². The molecule has 2 N–H and O–H groups in total. The van der Waals surface area contributed by atoms with Crippen LogP contribution in [0.5, 0.6) is 5.75 Å². The Bertz CT molecular complexity index is 773. The summed E-state index contributed by atoms with van der Waals surface area (Å²) >= 11 is 1.89. The van der Waals surface area contributed by atoms with Gasteiger partial charge < -0.3 is 10.1 Å². The number of ether oxygens (including phenoxy) is 1. The van der Waals surface area contributed by atoms with Crippen molar-refractivity contribution in [3.63, 3.8) is 0 Å². The molecule has 0 bridgehead atoms. The molecule has 1 fully saturated rings. The van der Waals surface area contributed by atoms with Crippen LogP contribution < -0.4 is 15.4 Å². The van der Waals surface area contributed by atoms with Crippen LogP contribution in [0.15, 0.2) is 36.5 Å². The quantitative estimate of drug-likeness (QED) is 0.733. The van der Waals surface area contributed by atoms with Gasteiger partial charge in [0.2, 0.25) is 0 Å². The molecule has 0 radical (unpaired) electrons. The number of aromatic nitrogens is 2. The Kier molecular flexibility index (Phi) is 7.22. The van der Waals surface area contributed by atoms with E-state index in [9.17, 15) is 4.79 Å². The van der Waals surface area contributed by atoms with Crippen LogP contribution in [0.4, 0.5) is 16.3 Å². The minimum atomic E-state index is -0.308. The van der Waals surface area contributed by atoms with Gasteiger partial charge in [-0.2, -0.15) is 16.9 Å². The predicted octanol–water partition coefficient (Wildman–Crippen LogP) is 3.92. The summed E-state index contributed by atoms with van der Waals surface area (Å²) in [7, 11) is 1.58. The number of para-hydroxylation sites is 2. The molecule has 1 aliphatic heterocycles. The summed E-state index contributed by atoms with van der Waals surface area (Å²) < 4.78 is 7.22. The Balaban J connectivity index is 1.59. The molecule has 0 aliphatic carbocycles. The summed E-state index contributed by atoms with van der Waals surface area (Å²) in [6, 6.07) is 9.76. The molecule has 1 aromatic heterocycles. The van der Waals surface area contributed by atoms with Crippen molar-refractivity contribution >= 4 is 29.3 Å².